The van der Waals surface area contributed by atoms with Gasteiger partial charge in [-0.15, -0.1) is 0 Å². The third-order valence-electron chi connectivity index (χ3n) is 3.58. The van der Waals surface area contributed by atoms with Crippen molar-refractivity contribution in [2.45, 2.75) is 25.7 Å². The van der Waals surface area contributed by atoms with E-state index >= 15 is 0 Å². The molecule has 0 saturated heterocycles. The number of benzene rings is 1. The van der Waals surface area contributed by atoms with Gasteiger partial charge < -0.3 is 0 Å². The summed E-state index contributed by atoms with van der Waals surface area (Å²) in [5.41, 5.74) is 5.74. The van der Waals surface area contributed by atoms with Crippen LogP contribution in [0.5, 0.6) is 0 Å². The lowest BCUT2D eigenvalue weighted by Gasteiger charge is -2.16. The molecular weight excluding hydrogens is 222 g/mol. The van der Waals surface area contributed by atoms with E-state index in [4.69, 9.17) is 0 Å². The minimum absolute atomic E-state index is 0.630. The second-order valence-electron chi connectivity index (χ2n) is 4.82. The highest BCUT2D eigenvalue weighted by atomic mass is 16.1. The summed E-state index contributed by atoms with van der Waals surface area (Å²) in [6.45, 7) is 0. The van der Waals surface area contributed by atoms with Gasteiger partial charge in [-0.3, -0.25) is 9.78 Å². The van der Waals surface area contributed by atoms with Gasteiger partial charge in [0.2, 0.25) is 0 Å². The smallest absolute Gasteiger partial charge is 0.151 e. The van der Waals surface area contributed by atoms with E-state index in [0.717, 1.165) is 17.4 Å². The predicted octanol–water partition coefficient (Wildman–Crippen LogP) is 3.44. The Kier molecular flexibility index (Phi) is 2.93. The van der Waals surface area contributed by atoms with E-state index in [1.165, 1.54) is 36.8 Å². The number of hydrogen-bond donors (Lipinski definition) is 0. The Hall–Kier alpha value is -1.96. The Labute approximate surface area is 107 Å². The van der Waals surface area contributed by atoms with Crippen LogP contribution >= 0.6 is 0 Å². The van der Waals surface area contributed by atoms with Crippen molar-refractivity contribution >= 4 is 6.29 Å². The molecule has 0 atom stereocenters. The number of carbonyl (C=O) groups excluding carboxylic acids is 1. The monoisotopic (exact) mass is 237 g/mol. The molecule has 0 spiro atoms. The lowest BCUT2D eigenvalue weighted by molar-refractivity contribution is 0.112. The van der Waals surface area contributed by atoms with Gasteiger partial charge in [0.05, 0.1) is 0 Å². The molecule has 18 heavy (non-hydrogen) atoms. The summed E-state index contributed by atoms with van der Waals surface area (Å²) in [5.74, 6) is 0. The molecule has 3 rings (SSSR count). The minimum atomic E-state index is 0.630. The maximum Gasteiger partial charge on any atom is 0.151 e. The van der Waals surface area contributed by atoms with Crippen molar-refractivity contribution in [1.29, 1.82) is 0 Å². The van der Waals surface area contributed by atoms with E-state index in [2.05, 4.69) is 23.2 Å². The highest BCUT2D eigenvalue weighted by molar-refractivity contribution is 5.78. The number of fused-ring (bicyclic) bond motifs is 1. The van der Waals surface area contributed by atoms with E-state index in [-0.39, 0.29) is 0 Å². The summed E-state index contributed by atoms with van der Waals surface area (Å²) < 4.78 is 0. The van der Waals surface area contributed by atoms with Crippen LogP contribution in [-0.4, -0.2) is 11.3 Å². The summed E-state index contributed by atoms with van der Waals surface area (Å²) in [6.07, 6.45) is 9.20. The average Bonchev–Trinajstić information content (AvgIpc) is 2.47. The lowest BCUT2D eigenvalue weighted by atomic mass is 9.89. The largest absolute Gasteiger partial charge is 0.298 e. The summed E-state index contributed by atoms with van der Waals surface area (Å²) in [7, 11) is 0. The molecular formula is C16H15NO. The van der Waals surface area contributed by atoms with Crippen LogP contribution in [0.3, 0.4) is 0 Å². The number of carbonyl (C=O) groups is 1. The molecule has 0 N–H and O–H groups in total. The molecule has 0 unspecified atom stereocenters. The molecule has 1 aromatic carbocycles. The number of hydrogen-bond acceptors (Lipinski definition) is 2. The Bertz CT molecular complexity index is 589. The van der Waals surface area contributed by atoms with Crippen molar-refractivity contribution in [3.8, 4) is 11.1 Å². The fourth-order valence-corrected chi connectivity index (χ4v) is 2.59. The molecule has 2 nitrogen and oxygen atoms in total. The van der Waals surface area contributed by atoms with Crippen LogP contribution in [0.2, 0.25) is 0 Å². The first-order chi connectivity index (χ1) is 8.86. The second-order valence-corrected chi connectivity index (χ2v) is 4.82. The van der Waals surface area contributed by atoms with Gasteiger partial charge in [-0.05, 0) is 48.4 Å². The van der Waals surface area contributed by atoms with Gasteiger partial charge in [-0.25, -0.2) is 0 Å². The van der Waals surface area contributed by atoms with Crippen LogP contribution in [0.4, 0.5) is 0 Å². The predicted molar refractivity (Wildman–Crippen MR) is 71.7 cm³/mol. The topological polar surface area (TPSA) is 30.0 Å². The standard InChI is InChI=1S/C16H15NO/c18-11-12-7-16(10-17-9-12)15-6-5-13-3-1-2-4-14(13)8-15/h5-11H,1-4H2. The lowest BCUT2D eigenvalue weighted by Crippen LogP contribution is -2.02. The van der Waals surface area contributed by atoms with Gasteiger partial charge >= 0.3 is 0 Å². The summed E-state index contributed by atoms with van der Waals surface area (Å²) in [5, 5.41) is 0. The van der Waals surface area contributed by atoms with Gasteiger partial charge in [0.1, 0.15) is 0 Å². The SMILES string of the molecule is O=Cc1cncc(-c2ccc3c(c2)CCCC3)c1. The average molecular weight is 237 g/mol. The first-order valence-corrected chi connectivity index (χ1v) is 6.39. The fourth-order valence-electron chi connectivity index (χ4n) is 2.59. The molecule has 0 bridgehead atoms. The highest BCUT2D eigenvalue weighted by Gasteiger charge is 2.10. The van der Waals surface area contributed by atoms with Crippen LogP contribution in [0.25, 0.3) is 11.1 Å². The zero-order valence-corrected chi connectivity index (χ0v) is 10.2. The molecule has 1 aliphatic carbocycles. The Morgan fingerprint density at radius 1 is 0.944 bits per heavy atom. The minimum Gasteiger partial charge on any atom is -0.298 e. The molecule has 2 aromatic rings. The van der Waals surface area contributed by atoms with E-state index < -0.39 is 0 Å². The van der Waals surface area contributed by atoms with E-state index in [1.807, 2.05) is 12.3 Å². The van der Waals surface area contributed by atoms with Crippen LogP contribution in [0, 0.1) is 0 Å². The zero-order valence-electron chi connectivity index (χ0n) is 10.2. The molecule has 0 radical (unpaired) electrons. The molecule has 0 amide bonds. The number of rotatable bonds is 2. The Balaban J connectivity index is 2.03. The number of nitrogens with zero attached hydrogens (tertiary/aromatic N) is 1. The van der Waals surface area contributed by atoms with Gasteiger partial charge in [0.15, 0.2) is 6.29 Å². The van der Waals surface area contributed by atoms with Crippen LogP contribution in [0.15, 0.2) is 36.7 Å². The molecule has 90 valence electrons. The van der Waals surface area contributed by atoms with Gasteiger partial charge in [-0.2, -0.15) is 0 Å². The third kappa shape index (κ3) is 2.06. The molecule has 1 heterocycles. The van der Waals surface area contributed by atoms with E-state index in [0.29, 0.717) is 5.56 Å². The first kappa shape index (κ1) is 11.1. The maximum atomic E-state index is 10.8. The number of aromatic nitrogens is 1. The second kappa shape index (κ2) is 4.73. The molecule has 1 aromatic heterocycles. The van der Waals surface area contributed by atoms with Crippen molar-refractivity contribution < 1.29 is 4.79 Å². The quantitative estimate of drug-likeness (QED) is 0.749. The van der Waals surface area contributed by atoms with Crippen molar-refractivity contribution in [1.82, 2.24) is 4.98 Å². The van der Waals surface area contributed by atoms with Gasteiger partial charge in [0.25, 0.3) is 0 Å². The van der Waals surface area contributed by atoms with Crippen molar-refractivity contribution in [3.05, 3.63) is 53.3 Å². The van der Waals surface area contributed by atoms with Gasteiger partial charge in [0, 0.05) is 23.5 Å². The zero-order chi connectivity index (χ0) is 12.4. The van der Waals surface area contributed by atoms with E-state index in [9.17, 15) is 4.79 Å². The Morgan fingerprint density at radius 2 is 1.78 bits per heavy atom. The van der Waals surface area contributed by atoms with Gasteiger partial charge in [-0.1, -0.05) is 18.2 Å². The number of aldehydes is 1. The van der Waals surface area contributed by atoms with Crippen molar-refractivity contribution in [2.75, 3.05) is 0 Å². The molecule has 0 saturated carbocycles. The van der Waals surface area contributed by atoms with Crippen LogP contribution < -0.4 is 0 Å². The number of aryl methyl sites for hydroxylation is 2. The van der Waals surface area contributed by atoms with Crippen molar-refractivity contribution in [3.63, 3.8) is 0 Å². The van der Waals surface area contributed by atoms with Crippen molar-refractivity contribution in [2.24, 2.45) is 0 Å². The highest BCUT2D eigenvalue weighted by Crippen LogP contribution is 2.27. The van der Waals surface area contributed by atoms with Crippen LogP contribution in [-0.2, 0) is 12.8 Å². The molecule has 2 heteroatoms. The molecule has 0 aliphatic heterocycles. The maximum absolute atomic E-state index is 10.8. The first-order valence-electron chi connectivity index (χ1n) is 6.39. The summed E-state index contributed by atoms with van der Waals surface area (Å²) in [4.78, 5) is 14.9. The van der Waals surface area contributed by atoms with Crippen LogP contribution in [0.1, 0.15) is 34.3 Å². The molecule has 0 fully saturated rings. The summed E-state index contributed by atoms with van der Waals surface area (Å²) >= 11 is 0. The fraction of sp³-hybridized carbons (Fsp3) is 0.250. The number of pyridine rings is 1. The van der Waals surface area contributed by atoms with E-state index in [1.54, 1.807) is 6.20 Å². The third-order valence-corrected chi connectivity index (χ3v) is 3.58. The molecule has 1 aliphatic rings. The summed E-state index contributed by atoms with van der Waals surface area (Å²) in [6, 6.07) is 8.50. The Morgan fingerprint density at radius 3 is 2.61 bits per heavy atom. The normalized spacial score (nSPS) is 14.0.